The number of nitrogens with one attached hydrogen (secondary N) is 1. The number of benzene rings is 1. The van der Waals surface area contributed by atoms with Gasteiger partial charge in [-0.25, -0.2) is 0 Å². The molecule has 4 N–H and O–H groups in total. The van der Waals surface area contributed by atoms with Crippen molar-refractivity contribution in [3.05, 3.63) is 41.5 Å². The first-order chi connectivity index (χ1) is 20.3. The Morgan fingerprint density at radius 2 is 1.70 bits per heavy atom. The SMILES string of the molecule is C[C@]12CCC3c4ccc(NS(=O)(=O)O)cc4CCC3(C=CCCCCCC[C@@H](O)C(F)(F)C(F)(F)C(F)(F)F)C1CC[C@@H]2O. The van der Waals surface area contributed by atoms with Gasteiger partial charge in [-0.3, -0.25) is 9.27 Å². The van der Waals surface area contributed by atoms with Gasteiger partial charge in [0.15, 0.2) is 0 Å². The van der Waals surface area contributed by atoms with E-state index < -0.39 is 47.0 Å². The lowest BCUT2D eigenvalue weighted by Crippen LogP contribution is -2.57. The minimum Gasteiger partial charge on any atom is -0.393 e. The van der Waals surface area contributed by atoms with Crippen molar-refractivity contribution < 1.29 is 53.9 Å². The summed E-state index contributed by atoms with van der Waals surface area (Å²) in [7, 11) is -4.42. The van der Waals surface area contributed by atoms with Gasteiger partial charge in [0, 0.05) is 0 Å². The van der Waals surface area contributed by atoms with Crippen molar-refractivity contribution in [1.82, 2.24) is 0 Å². The largest absolute Gasteiger partial charge is 0.459 e. The summed E-state index contributed by atoms with van der Waals surface area (Å²) in [5.74, 6) is -11.6. The Kier molecular flexibility index (Phi) is 9.83. The van der Waals surface area contributed by atoms with Crippen LogP contribution in [-0.2, 0) is 16.7 Å². The lowest BCUT2D eigenvalue weighted by Gasteiger charge is -2.57. The molecule has 0 saturated heterocycles. The number of unbranched alkanes of at least 4 members (excludes halogenated alkanes) is 4. The van der Waals surface area contributed by atoms with Crippen LogP contribution in [0.3, 0.4) is 0 Å². The van der Waals surface area contributed by atoms with Crippen molar-refractivity contribution in [2.45, 2.75) is 120 Å². The summed E-state index contributed by atoms with van der Waals surface area (Å²) in [5.41, 5.74) is 1.87. The van der Waals surface area contributed by atoms with Gasteiger partial charge in [-0.2, -0.15) is 39.2 Å². The molecule has 0 aliphatic heterocycles. The zero-order valence-corrected chi connectivity index (χ0v) is 25.2. The van der Waals surface area contributed by atoms with Gasteiger partial charge >= 0.3 is 28.3 Å². The van der Waals surface area contributed by atoms with Crippen LogP contribution in [0.15, 0.2) is 30.4 Å². The molecule has 250 valence electrons. The monoisotopic (exact) mass is 659 g/mol. The summed E-state index contributed by atoms with van der Waals surface area (Å²) in [6, 6.07) is 5.26. The number of hydrogen-bond donors (Lipinski definition) is 4. The molecule has 3 unspecified atom stereocenters. The van der Waals surface area contributed by atoms with Crippen molar-refractivity contribution in [2.24, 2.45) is 16.7 Å². The second-order valence-electron chi connectivity index (χ2n) is 13.0. The Balaban J connectivity index is 1.39. The quantitative estimate of drug-likeness (QED) is 0.0802. The number of allylic oxidation sites excluding steroid dienone is 2. The summed E-state index contributed by atoms with van der Waals surface area (Å²) in [6.45, 7) is 2.14. The lowest BCUT2D eigenvalue weighted by molar-refractivity contribution is -0.371. The lowest BCUT2D eigenvalue weighted by atomic mass is 9.47. The minimum atomic E-state index is -6.47. The first-order valence-corrected chi connectivity index (χ1v) is 16.4. The van der Waals surface area contributed by atoms with E-state index in [0.717, 1.165) is 36.8 Å². The van der Waals surface area contributed by atoms with Crippen LogP contribution in [0.25, 0.3) is 0 Å². The molecular formula is C30H40F7NO5S. The highest BCUT2D eigenvalue weighted by molar-refractivity contribution is 7.87. The fourth-order valence-electron chi connectivity index (χ4n) is 8.08. The summed E-state index contributed by atoms with van der Waals surface area (Å²) in [4.78, 5) is 0. The zero-order valence-electron chi connectivity index (χ0n) is 24.4. The molecule has 0 aromatic heterocycles. The molecule has 0 heterocycles. The van der Waals surface area contributed by atoms with E-state index in [-0.39, 0.29) is 41.2 Å². The van der Waals surface area contributed by atoms with Crippen LogP contribution < -0.4 is 4.72 Å². The van der Waals surface area contributed by atoms with Gasteiger partial charge in [-0.1, -0.05) is 44.4 Å². The van der Waals surface area contributed by atoms with Crippen LogP contribution >= 0.6 is 0 Å². The Morgan fingerprint density at radius 3 is 2.36 bits per heavy atom. The van der Waals surface area contributed by atoms with Crippen LogP contribution in [0.5, 0.6) is 0 Å². The predicted molar refractivity (Wildman–Crippen MR) is 150 cm³/mol. The molecule has 6 atom stereocenters. The van der Waals surface area contributed by atoms with Crippen LogP contribution in [-0.4, -0.2) is 53.4 Å². The third kappa shape index (κ3) is 6.50. The second kappa shape index (κ2) is 12.4. The summed E-state index contributed by atoms with van der Waals surface area (Å²) < 4.78 is 124. The Morgan fingerprint density at radius 1 is 1.02 bits per heavy atom. The van der Waals surface area contributed by atoms with E-state index in [1.165, 1.54) is 0 Å². The molecule has 1 aromatic rings. The first-order valence-electron chi connectivity index (χ1n) is 15.0. The zero-order chi connectivity index (χ0) is 32.8. The molecule has 0 amide bonds. The molecule has 3 aliphatic rings. The van der Waals surface area contributed by atoms with Crippen molar-refractivity contribution in [1.29, 1.82) is 0 Å². The molecular weight excluding hydrogens is 619 g/mol. The summed E-state index contributed by atoms with van der Waals surface area (Å²) in [6.07, 6.45) is -0.0584. The van der Waals surface area contributed by atoms with Crippen LogP contribution in [0, 0.1) is 16.7 Å². The first kappa shape index (κ1) is 35.0. The van der Waals surface area contributed by atoms with E-state index in [2.05, 4.69) is 23.8 Å². The molecule has 3 aliphatic carbocycles. The topological polar surface area (TPSA) is 107 Å². The Bertz CT molecular complexity index is 1320. The molecule has 0 radical (unpaired) electrons. The van der Waals surface area contributed by atoms with Gasteiger partial charge in [0.2, 0.25) is 0 Å². The maximum atomic E-state index is 13.6. The molecule has 4 rings (SSSR count). The molecule has 0 bridgehead atoms. The fourth-order valence-corrected chi connectivity index (χ4v) is 8.50. The highest BCUT2D eigenvalue weighted by Crippen LogP contribution is 2.67. The van der Waals surface area contributed by atoms with Gasteiger partial charge < -0.3 is 10.2 Å². The molecule has 6 nitrogen and oxygen atoms in total. The molecule has 1 aromatic carbocycles. The molecule has 14 heteroatoms. The smallest absolute Gasteiger partial charge is 0.393 e. The summed E-state index contributed by atoms with van der Waals surface area (Å²) >= 11 is 0. The number of aryl methyl sites for hydroxylation is 1. The number of alkyl halides is 7. The van der Waals surface area contributed by atoms with E-state index in [4.69, 9.17) is 0 Å². The molecule has 44 heavy (non-hydrogen) atoms. The average Bonchev–Trinajstić information content (AvgIpc) is 3.22. The molecule has 0 spiro atoms. The predicted octanol–water partition coefficient (Wildman–Crippen LogP) is 7.58. The Labute approximate surface area is 253 Å². The van der Waals surface area contributed by atoms with Crippen molar-refractivity contribution in [3.63, 3.8) is 0 Å². The number of aliphatic hydroxyl groups is 2. The number of rotatable bonds is 12. The number of hydrogen-bond acceptors (Lipinski definition) is 4. The maximum Gasteiger partial charge on any atom is 0.459 e. The Hall–Kier alpha value is -1.90. The maximum absolute atomic E-state index is 13.6. The minimum absolute atomic E-state index is 0.128. The molecule has 2 fully saturated rings. The fraction of sp³-hybridized carbons (Fsp3) is 0.733. The second-order valence-corrected chi connectivity index (χ2v) is 14.1. The van der Waals surface area contributed by atoms with Gasteiger partial charge in [0.1, 0.15) is 6.10 Å². The van der Waals surface area contributed by atoms with E-state index >= 15 is 0 Å². The standard InChI is InChI=1S/C30H40F7NO5S/c1-26-16-14-22-21-10-9-20(38-44(41,42)43)18-19(21)13-17-27(22,23(26)11-12-24(26)39)15-7-5-3-2-4-6-8-25(40)28(31,32)29(33,34)30(35,36)37/h7,9-10,15,18,22-25,38-40H,2-6,8,11-14,16-17H2,1H3,(H,41,42,43)/t22?,23?,24-,25+,26-,27?/m0/s1. The van der Waals surface area contributed by atoms with Crippen molar-refractivity contribution in [3.8, 4) is 0 Å². The van der Waals surface area contributed by atoms with Crippen molar-refractivity contribution in [2.75, 3.05) is 4.72 Å². The van der Waals surface area contributed by atoms with Crippen LogP contribution in [0.2, 0.25) is 0 Å². The third-order valence-electron chi connectivity index (χ3n) is 10.4. The van der Waals surface area contributed by atoms with Gasteiger partial charge in [-0.05, 0) is 104 Å². The third-order valence-corrected chi connectivity index (χ3v) is 10.9. The van der Waals surface area contributed by atoms with Gasteiger partial charge in [-0.15, -0.1) is 0 Å². The van der Waals surface area contributed by atoms with E-state index in [1.54, 1.807) is 12.1 Å². The van der Waals surface area contributed by atoms with Gasteiger partial charge in [0.25, 0.3) is 0 Å². The normalized spacial score (nSPS) is 30.1. The van der Waals surface area contributed by atoms with E-state index in [1.807, 2.05) is 6.07 Å². The van der Waals surface area contributed by atoms with Crippen molar-refractivity contribution >= 4 is 16.0 Å². The van der Waals surface area contributed by atoms with Gasteiger partial charge in [0.05, 0.1) is 11.8 Å². The van der Waals surface area contributed by atoms with E-state index in [9.17, 15) is 53.9 Å². The number of halogens is 7. The van der Waals surface area contributed by atoms with E-state index in [0.29, 0.717) is 32.1 Å². The van der Waals surface area contributed by atoms with Crippen LogP contribution in [0.1, 0.15) is 94.6 Å². The highest BCUT2D eigenvalue weighted by Gasteiger charge is 2.75. The average molecular weight is 660 g/mol. The number of fused-ring (bicyclic) bond motifs is 5. The highest BCUT2D eigenvalue weighted by atomic mass is 32.2. The summed E-state index contributed by atoms with van der Waals surface area (Å²) in [5, 5.41) is 20.3. The molecule has 2 saturated carbocycles. The van der Waals surface area contributed by atoms with Crippen LogP contribution in [0.4, 0.5) is 36.4 Å². The number of aliphatic hydroxyl groups excluding tert-OH is 2. The number of anilines is 1.